The Morgan fingerprint density at radius 1 is 1.62 bits per heavy atom. The van der Waals surface area contributed by atoms with Gasteiger partial charge in [0.2, 0.25) is 0 Å². The Labute approximate surface area is 79.3 Å². The van der Waals surface area contributed by atoms with Crippen molar-refractivity contribution in [3.05, 3.63) is 12.2 Å². The highest BCUT2D eigenvalue weighted by atomic mass is 16.7. The molecule has 0 aromatic rings. The van der Waals surface area contributed by atoms with Gasteiger partial charge in [0.1, 0.15) is 0 Å². The number of hydrogen-bond donors (Lipinski definition) is 1. The molecule has 0 saturated carbocycles. The molecule has 0 aromatic carbocycles. The summed E-state index contributed by atoms with van der Waals surface area (Å²) in [7, 11) is 0. The fourth-order valence-electron chi connectivity index (χ4n) is 1.50. The van der Waals surface area contributed by atoms with Crippen molar-refractivity contribution in [2.75, 3.05) is 13.2 Å². The molecular weight excluding hydrogens is 168 g/mol. The summed E-state index contributed by atoms with van der Waals surface area (Å²) in [4.78, 5) is 0. The molecule has 3 heteroatoms. The molecule has 1 aliphatic heterocycles. The summed E-state index contributed by atoms with van der Waals surface area (Å²) >= 11 is 0. The molecule has 1 heterocycles. The molecule has 2 atom stereocenters. The van der Waals surface area contributed by atoms with E-state index in [0.717, 1.165) is 5.57 Å². The molecule has 76 valence electrons. The molecule has 0 spiro atoms. The largest absolute Gasteiger partial charge is 0.394 e. The van der Waals surface area contributed by atoms with Gasteiger partial charge in [0.25, 0.3) is 0 Å². The second-order valence-corrected chi connectivity index (χ2v) is 4.00. The second kappa shape index (κ2) is 3.78. The van der Waals surface area contributed by atoms with E-state index in [1.165, 1.54) is 0 Å². The van der Waals surface area contributed by atoms with Gasteiger partial charge in [0, 0.05) is 5.92 Å². The first-order chi connectivity index (χ1) is 5.96. The fraction of sp³-hybridized carbons (Fsp3) is 0.800. The summed E-state index contributed by atoms with van der Waals surface area (Å²) < 4.78 is 11.0. The molecule has 1 fully saturated rings. The number of hydrogen-bond acceptors (Lipinski definition) is 3. The lowest BCUT2D eigenvalue weighted by Gasteiger charge is -2.40. The van der Waals surface area contributed by atoms with Gasteiger partial charge < -0.3 is 14.6 Å². The fourth-order valence-corrected chi connectivity index (χ4v) is 1.50. The predicted molar refractivity (Wildman–Crippen MR) is 50.3 cm³/mol. The maximum Gasteiger partial charge on any atom is 0.163 e. The molecule has 0 amide bonds. The molecule has 1 saturated heterocycles. The number of ether oxygens (including phenoxy) is 2. The van der Waals surface area contributed by atoms with Crippen molar-refractivity contribution < 1.29 is 14.6 Å². The molecule has 2 unspecified atom stereocenters. The summed E-state index contributed by atoms with van der Waals surface area (Å²) in [6, 6.07) is 0. The third-order valence-corrected chi connectivity index (χ3v) is 2.31. The molecule has 1 rings (SSSR count). The van der Waals surface area contributed by atoms with Crippen LogP contribution in [0.25, 0.3) is 0 Å². The maximum absolute atomic E-state index is 9.12. The summed E-state index contributed by atoms with van der Waals surface area (Å²) in [5, 5.41) is 9.12. The van der Waals surface area contributed by atoms with Gasteiger partial charge >= 0.3 is 0 Å². The Kier molecular flexibility index (Phi) is 3.11. The molecule has 1 N–H and O–H groups in total. The van der Waals surface area contributed by atoms with E-state index >= 15 is 0 Å². The van der Waals surface area contributed by atoms with E-state index < -0.39 is 5.79 Å². The van der Waals surface area contributed by atoms with E-state index in [0.29, 0.717) is 6.61 Å². The average molecular weight is 186 g/mol. The van der Waals surface area contributed by atoms with Crippen LogP contribution >= 0.6 is 0 Å². The Hall–Kier alpha value is -0.380. The van der Waals surface area contributed by atoms with Crippen LogP contribution in [0.1, 0.15) is 20.8 Å². The van der Waals surface area contributed by atoms with Gasteiger partial charge in [-0.15, -0.1) is 0 Å². The Morgan fingerprint density at radius 2 is 2.23 bits per heavy atom. The number of aliphatic hydroxyl groups is 1. The quantitative estimate of drug-likeness (QED) is 0.661. The SMILES string of the molecule is C=C(C)C1COC(C)(C)OC1CO. The van der Waals surface area contributed by atoms with E-state index in [1.54, 1.807) is 0 Å². The molecule has 1 aliphatic rings. The predicted octanol–water partition coefficient (Wildman–Crippen LogP) is 1.32. The number of rotatable bonds is 2. The Bertz CT molecular complexity index is 198. The third-order valence-electron chi connectivity index (χ3n) is 2.31. The highest BCUT2D eigenvalue weighted by Gasteiger charge is 2.36. The van der Waals surface area contributed by atoms with E-state index in [2.05, 4.69) is 6.58 Å². The van der Waals surface area contributed by atoms with Crippen LogP contribution in [0, 0.1) is 5.92 Å². The normalized spacial score (nSPS) is 32.9. The molecule has 0 aromatic heterocycles. The van der Waals surface area contributed by atoms with Gasteiger partial charge in [0.15, 0.2) is 5.79 Å². The van der Waals surface area contributed by atoms with Crippen LogP contribution < -0.4 is 0 Å². The Morgan fingerprint density at radius 3 is 2.69 bits per heavy atom. The van der Waals surface area contributed by atoms with Crippen LogP contribution in [-0.2, 0) is 9.47 Å². The molecule has 3 nitrogen and oxygen atoms in total. The van der Waals surface area contributed by atoms with Gasteiger partial charge in [-0.2, -0.15) is 0 Å². The van der Waals surface area contributed by atoms with Gasteiger partial charge in [-0.05, 0) is 20.8 Å². The molecule has 0 radical (unpaired) electrons. The molecule has 13 heavy (non-hydrogen) atoms. The van der Waals surface area contributed by atoms with Gasteiger partial charge in [-0.3, -0.25) is 0 Å². The van der Waals surface area contributed by atoms with Crippen molar-refractivity contribution in [2.45, 2.75) is 32.7 Å². The van der Waals surface area contributed by atoms with Crippen LogP contribution in [0.5, 0.6) is 0 Å². The highest BCUT2D eigenvalue weighted by molar-refractivity contribution is 5.01. The lowest BCUT2D eigenvalue weighted by atomic mass is 9.95. The number of aliphatic hydroxyl groups excluding tert-OH is 1. The minimum absolute atomic E-state index is 0.0182. The Balaban J connectivity index is 2.66. The zero-order valence-corrected chi connectivity index (χ0v) is 8.54. The molecular formula is C10H18O3. The van der Waals surface area contributed by atoms with Crippen LogP contribution in [0.3, 0.4) is 0 Å². The first-order valence-electron chi connectivity index (χ1n) is 4.54. The van der Waals surface area contributed by atoms with Crippen LogP contribution in [0.4, 0.5) is 0 Å². The van der Waals surface area contributed by atoms with E-state index in [9.17, 15) is 0 Å². The van der Waals surface area contributed by atoms with Crippen molar-refractivity contribution in [3.63, 3.8) is 0 Å². The first kappa shape index (κ1) is 10.7. The summed E-state index contributed by atoms with van der Waals surface area (Å²) in [5.74, 6) is -0.475. The summed E-state index contributed by atoms with van der Waals surface area (Å²) in [6.45, 7) is 10.1. The zero-order chi connectivity index (χ0) is 10.1. The first-order valence-corrected chi connectivity index (χ1v) is 4.54. The van der Waals surface area contributed by atoms with E-state index in [-0.39, 0.29) is 18.6 Å². The van der Waals surface area contributed by atoms with Gasteiger partial charge in [-0.1, -0.05) is 12.2 Å². The van der Waals surface area contributed by atoms with Crippen molar-refractivity contribution in [1.29, 1.82) is 0 Å². The lowest BCUT2D eigenvalue weighted by Crippen LogP contribution is -2.47. The van der Waals surface area contributed by atoms with Gasteiger partial charge in [-0.25, -0.2) is 0 Å². The van der Waals surface area contributed by atoms with E-state index in [1.807, 2.05) is 20.8 Å². The lowest BCUT2D eigenvalue weighted by molar-refractivity contribution is -0.292. The van der Waals surface area contributed by atoms with Crippen molar-refractivity contribution in [2.24, 2.45) is 5.92 Å². The maximum atomic E-state index is 9.12. The minimum atomic E-state index is -0.584. The third kappa shape index (κ3) is 2.53. The summed E-state index contributed by atoms with van der Waals surface area (Å²) in [5.41, 5.74) is 0.995. The zero-order valence-electron chi connectivity index (χ0n) is 8.54. The molecule has 0 aliphatic carbocycles. The summed E-state index contributed by atoms with van der Waals surface area (Å²) in [6.07, 6.45) is -0.179. The topological polar surface area (TPSA) is 38.7 Å². The highest BCUT2D eigenvalue weighted by Crippen LogP contribution is 2.29. The monoisotopic (exact) mass is 186 g/mol. The van der Waals surface area contributed by atoms with Gasteiger partial charge in [0.05, 0.1) is 19.3 Å². The smallest absolute Gasteiger partial charge is 0.163 e. The van der Waals surface area contributed by atoms with E-state index in [4.69, 9.17) is 14.6 Å². The molecule has 0 bridgehead atoms. The second-order valence-electron chi connectivity index (χ2n) is 4.00. The van der Waals surface area contributed by atoms with Crippen LogP contribution in [0.15, 0.2) is 12.2 Å². The van der Waals surface area contributed by atoms with Crippen LogP contribution in [0.2, 0.25) is 0 Å². The van der Waals surface area contributed by atoms with Crippen LogP contribution in [-0.4, -0.2) is 30.2 Å². The van der Waals surface area contributed by atoms with Crippen molar-refractivity contribution in [1.82, 2.24) is 0 Å². The average Bonchev–Trinajstić information content (AvgIpc) is 2.01. The standard InChI is InChI=1S/C10H18O3/c1-7(2)8-6-12-10(3,4)13-9(8)5-11/h8-9,11H,1,5-6H2,2-4H3. The van der Waals surface area contributed by atoms with Crippen molar-refractivity contribution >= 4 is 0 Å². The minimum Gasteiger partial charge on any atom is -0.394 e. The van der Waals surface area contributed by atoms with Crippen molar-refractivity contribution in [3.8, 4) is 0 Å².